The Morgan fingerprint density at radius 1 is 1.27 bits per heavy atom. The van der Waals surface area contributed by atoms with E-state index in [0.717, 1.165) is 18.7 Å². The number of carbonyl (C=O) groups is 2. The van der Waals surface area contributed by atoms with Gasteiger partial charge in [0.25, 0.3) is 0 Å². The first kappa shape index (κ1) is 25.7. The van der Waals surface area contributed by atoms with E-state index >= 15 is 0 Å². The van der Waals surface area contributed by atoms with Crippen molar-refractivity contribution in [2.45, 2.75) is 56.0 Å². The lowest BCUT2D eigenvalue weighted by Gasteiger charge is -2.40. The van der Waals surface area contributed by atoms with Crippen LogP contribution < -0.4 is 15.8 Å². The zero-order valence-electron chi connectivity index (χ0n) is 20.3. The smallest absolute Gasteiger partial charge is 0.379 e. The third-order valence-corrected chi connectivity index (χ3v) is 7.89. The number of amides is 2. The number of nitriles is 1. The van der Waals surface area contributed by atoms with Crippen LogP contribution in [0.5, 0.6) is 0 Å². The molecular formula is C24H30F3N7O3. The van der Waals surface area contributed by atoms with Gasteiger partial charge in [0.1, 0.15) is 11.9 Å². The lowest BCUT2D eigenvalue weighted by Crippen LogP contribution is -2.65. The molecule has 4 aliphatic heterocycles. The highest BCUT2D eigenvalue weighted by Gasteiger charge is 2.54. The minimum Gasteiger partial charge on any atom is -0.379 e. The third kappa shape index (κ3) is 5.23. The summed E-state index contributed by atoms with van der Waals surface area (Å²) in [7, 11) is 0. The largest absolute Gasteiger partial charge is 0.402 e. The minimum atomic E-state index is -4.63. The van der Waals surface area contributed by atoms with E-state index in [2.05, 4.69) is 26.8 Å². The van der Waals surface area contributed by atoms with Gasteiger partial charge in [-0.05, 0) is 37.9 Å². The number of anilines is 1. The highest BCUT2D eigenvalue weighted by Crippen LogP contribution is 2.36. The molecule has 2 amide bonds. The average molecular weight is 522 g/mol. The molecule has 4 aliphatic rings. The van der Waals surface area contributed by atoms with Crippen LogP contribution in [0.1, 0.15) is 31.2 Å². The highest BCUT2D eigenvalue weighted by molar-refractivity contribution is 5.80. The van der Waals surface area contributed by atoms with Gasteiger partial charge >= 0.3 is 6.18 Å². The van der Waals surface area contributed by atoms with Crippen LogP contribution in [0.15, 0.2) is 18.3 Å². The van der Waals surface area contributed by atoms with Crippen molar-refractivity contribution in [3.8, 4) is 6.07 Å². The standard InChI is InChI=1S/C24H30F3N7O3/c25-24(26,27)22-19(11-30-31-23(22)36)32-6-1-2-16(32)14-37-7-5-21(35)34-13-17-8-18(34)12-33(17)20-4-3-15(9-28)10-29-20/h3-4,10,16-19,22,30H,1-2,5-8,11-14H2,(H,31,36)/t16-,17-,18-,19?,22?/m0/s1. The van der Waals surface area contributed by atoms with E-state index in [9.17, 15) is 22.8 Å². The number of carbonyl (C=O) groups excluding carboxylic acids is 2. The molecule has 2 N–H and O–H groups in total. The first-order valence-electron chi connectivity index (χ1n) is 12.6. The maximum absolute atomic E-state index is 13.6. The summed E-state index contributed by atoms with van der Waals surface area (Å²) in [5.74, 6) is -2.33. The molecule has 5 heterocycles. The fraction of sp³-hybridized carbons (Fsp3) is 0.667. The zero-order chi connectivity index (χ0) is 26.2. The fourth-order valence-electron chi connectivity index (χ4n) is 6.16. The monoisotopic (exact) mass is 521 g/mol. The van der Waals surface area contributed by atoms with Gasteiger partial charge in [-0.3, -0.25) is 19.9 Å². The van der Waals surface area contributed by atoms with Gasteiger partial charge in [-0.2, -0.15) is 18.4 Å². The number of nitrogens with zero attached hydrogens (tertiary/aromatic N) is 5. The first-order chi connectivity index (χ1) is 17.8. The van der Waals surface area contributed by atoms with Crippen LogP contribution in [0.4, 0.5) is 19.0 Å². The van der Waals surface area contributed by atoms with Crippen LogP contribution in [0.3, 0.4) is 0 Å². The lowest BCUT2D eigenvalue weighted by molar-refractivity contribution is -0.201. The molecule has 1 aromatic rings. The number of piperazine rings is 1. The molecular weight excluding hydrogens is 491 g/mol. The second kappa shape index (κ2) is 10.4. The van der Waals surface area contributed by atoms with Crippen molar-refractivity contribution in [3.05, 3.63) is 23.9 Å². The summed E-state index contributed by atoms with van der Waals surface area (Å²) in [4.78, 5) is 35.0. The SMILES string of the molecule is N#Cc1ccc(N2C[C@@H]3C[C@H]2CN3C(=O)CCOC[C@@H]2CCCN2C2CNNC(=O)C2C(F)(F)F)nc1. The number of pyridine rings is 1. The molecule has 200 valence electrons. The van der Waals surface area contributed by atoms with Crippen LogP contribution in [0, 0.1) is 17.2 Å². The van der Waals surface area contributed by atoms with Gasteiger partial charge < -0.3 is 14.5 Å². The van der Waals surface area contributed by atoms with Crippen molar-refractivity contribution in [2.24, 2.45) is 5.92 Å². The number of nitrogens with one attached hydrogen (secondary N) is 2. The summed E-state index contributed by atoms with van der Waals surface area (Å²) in [6.07, 6.45) is -0.574. The van der Waals surface area contributed by atoms with Crippen molar-refractivity contribution in [1.82, 2.24) is 25.6 Å². The molecule has 1 aromatic heterocycles. The second-order valence-corrected chi connectivity index (χ2v) is 10.1. The Balaban J connectivity index is 1.08. The number of aromatic nitrogens is 1. The number of fused-ring (bicyclic) bond motifs is 2. The molecule has 2 unspecified atom stereocenters. The third-order valence-electron chi connectivity index (χ3n) is 7.89. The average Bonchev–Trinajstić information content (AvgIpc) is 3.62. The molecule has 2 bridgehead atoms. The summed E-state index contributed by atoms with van der Waals surface area (Å²) < 4.78 is 46.5. The van der Waals surface area contributed by atoms with E-state index in [0.29, 0.717) is 31.6 Å². The van der Waals surface area contributed by atoms with Crippen LogP contribution >= 0.6 is 0 Å². The first-order valence-corrected chi connectivity index (χ1v) is 12.6. The molecule has 0 radical (unpaired) electrons. The molecule has 5 atom stereocenters. The quantitative estimate of drug-likeness (QED) is 0.507. The molecule has 10 nitrogen and oxygen atoms in total. The number of rotatable bonds is 7. The Morgan fingerprint density at radius 2 is 2.11 bits per heavy atom. The number of ether oxygens (including phenoxy) is 1. The Labute approximate surface area is 212 Å². The molecule has 37 heavy (non-hydrogen) atoms. The van der Waals surface area contributed by atoms with Crippen LogP contribution in [0.25, 0.3) is 0 Å². The number of halogens is 3. The van der Waals surface area contributed by atoms with Crippen molar-refractivity contribution in [2.75, 3.05) is 44.3 Å². The number of hydrazine groups is 1. The highest BCUT2D eigenvalue weighted by atomic mass is 19.4. The van der Waals surface area contributed by atoms with Gasteiger partial charge in [-0.1, -0.05) is 0 Å². The molecule has 0 saturated carbocycles. The maximum Gasteiger partial charge on any atom is 0.402 e. The molecule has 0 aliphatic carbocycles. The normalized spacial score (nSPS) is 30.0. The van der Waals surface area contributed by atoms with Gasteiger partial charge in [0.2, 0.25) is 11.8 Å². The van der Waals surface area contributed by atoms with Crippen molar-refractivity contribution < 1.29 is 27.5 Å². The molecule has 13 heteroatoms. The van der Waals surface area contributed by atoms with Gasteiger partial charge in [-0.15, -0.1) is 0 Å². The predicted molar refractivity (Wildman–Crippen MR) is 125 cm³/mol. The summed E-state index contributed by atoms with van der Waals surface area (Å²) in [5.41, 5.74) is 5.18. The number of likely N-dealkylation sites (tertiary alicyclic amines) is 2. The van der Waals surface area contributed by atoms with Gasteiger partial charge in [0.05, 0.1) is 37.3 Å². The van der Waals surface area contributed by atoms with Crippen LogP contribution in [0.2, 0.25) is 0 Å². The summed E-state index contributed by atoms with van der Waals surface area (Å²) >= 11 is 0. The van der Waals surface area contributed by atoms with Gasteiger partial charge in [-0.25, -0.2) is 10.4 Å². The second-order valence-electron chi connectivity index (χ2n) is 10.1. The topological polar surface area (TPSA) is 114 Å². The lowest BCUT2D eigenvalue weighted by atomic mass is 9.94. The van der Waals surface area contributed by atoms with Crippen molar-refractivity contribution in [3.63, 3.8) is 0 Å². The summed E-state index contributed by atoms with van der Waals surface area (Å²) in [5, 5.41) is 8.95. The Morgan fingerprint density at radius 3 is 2.78 bits per heavy atom. The van der Waals surface area contributed by atoms with E-state index in [1.807, 2.05) is 11.0 Å². The Bertz CT molecular complexity index is 1050. The number of hydrogen-bond acceptors (Lipinski definition) is 8. The molecule has 0 aromatic carbocycles. The molecule has 4 fully saturated rings. The van der Waals surface area contributed by atoms with Gasteiger partial charge in [0, 0.05) is 37.9 Å². The molecule has 4 saturated heterocycles. The number of hydrogen-bond donors (Lipinski definition) is 2. The van der Waals surface area contributed by atoms with E-state index < -0.39 is 24.0 Å². The number of alkyl halides is 3. The van der Waals surface area contributed by atoms with E-state index in [1.54, 1.807) is 17.2 Å². The van der Waals surface area contributed by atoms with Crippen LogP contribution in [-0.2, 0) is 14.3 Å². The van der Waals surface area contributed by atoms with Crippen LogP contribution in [-0.4, -0.2) is 96.3 Å². The van der Waals surface area contributed by atoms with E-state index in [4.69, 9.17) is 10.00 Å². The van der Waals surface area contributed by atoms with E-state index in [-0.39, 0.29) is 50.2 Å². The summed E-state index contributed by atoms with van der Waals surface area (Å²) in [6.45, 7) is 2.20. The fourth-order valence-corrected chi connectivity index (χ4v) is 6.16. The maximum atomic E-state index is 13.6. The van der Waals surface area contributed by atoms with E-state index in [1.165, 1.54) is 0 Å². The minimum absolute atomic E-state index is 0.00787. The zero-order valence-corrected chi connectivity index (χ0v) is 20.3. The molecule has 0 spiro atoms. The molecule has 5 rings (SSSR count). The predicted octanol–water partition coefficient (Wildman–Crippen LogP) is 0.795. The van der Waals surface area contributed by atoms with Crippen molar-refractivity contribution >= 4 is 17.6 Å². The van der Waals surface area contributed by atoms with Gasteiger partial charge in [0.15, 0.2) is 5.92 Å². The Kier molecular flexibility index (Phi) is 7.24. The van der Waals surface area contributed by atoms with Crippen molar-refractivity contribution in [1.29, 1.82) is 5.26 Å². The summed E-state index contributed by atoms with van der Waals surface area (Å²) in [6, 6.07) is 4.70. The Hall–Kier alpha value is -2.95.